The Kier molecular flexibility index (Phi) is 7.94. The van der Waals surface area contributed by atoms with Gasteiger partial charge in [-0.1, -0.05) is 6.07 Å². The largest absolute Gasteiger partial charge is 0.352 e. The number of benzene rings is 1. The number of amides is 1. The van der Waals surface area contributed by atoms with Crippen LogP contribution in [0.4, 0.5) is 5.69 Å². The van der Waals surface area contributed by atoms with Crippen molar-refractivity contribution in [3.63, 3.8) is 0 Å². The average Bonchev–Trinajstić information content (AvgIpc) is 2.52. The first-order valence-electron chi connectivity index (χ1n) is 7.54. The Balaban J connectivity index is 0.00000264. The molecule has 2 rings (SSSR count). The lowest BCUT2D eigenvalue weighted by molar-refractivity contribution is -0.385. The number of hydrogen-bond acceptors (Lipinski definition) is 5. The van der Waals surface area contributed by atoms with Crippen LogP contribution in [0.25, 0.3) is 0 Å². The fourth-order valence-corrected chi connectivity index (χ4v) is 2.49. The van der Waals surface area contributed by atoms with E-state index in [0.717, 1.165) is 39.1 Å². The normalized spacial score (nSPS) is 14.8. The van der Waals surface area contributed by atoms with Gasteiger partial charge >= 0.3 is 0 Å². The first kappa shape index (κ1) is 19.3. The lowest BCUT2D eigenvalue weighted by atomic mass is 10.1. The van der Waals surface area contributed by atoms with E-state index in [2.05, 4.69) is 15.5 Å². The maximum absolute atomic E-state index is 12.0. The smallest absolute Gasteiger partial charge is 0.273 e. The summed E-state index contributed by atoms with van der Waals surface area (Å²) in [6.07, 6.45) is 0.875. The molecule has 1 aliphatic rings. The SMILES string of the molecule is Cc1ccc(C(=O)NCCCN2CCNCC2)cc1[N+](=O)[O-].Cl. The fraction of sp³-hybridized carbons (Fsp3) is 0.533. The van der Waals surface area contributed by atoms with Crippen LogP contribution in [0.3, 0.4) is 0 Å². The van der Waals surface area contributed by atoms with E-state index in [1.54, 1.807) is 19.1 Å². The van der Waals surface area contributed by atoms with Crippen molar-refractivity contribution in [3.8, 4) is 0 Å². The molecule has 23 heavy (non-hydrogen) atoms. The third kappa shape index (κ3) is 5.78. The summed E-state index contributed by atoms with van der Waals surface area (Å²) in [6, 6.07) is 4.56. The number of rotatable bonds is 6. The van der Waals surface area contributed by atoms with Crippen molar-refractivity contribution < 1.29 is 9.72 Å². The Bertz CT molecular complexity index is 548. The number of piperazine rings is 1. The Labute approximate surface area is 142 Å². The highest BCUT2D eigenvalue weighted by Gasteiger charge is 2.15. The zero-order valence-electron chi connectivity index (χ0n) is 13.2. The van der Waals surface area contributed by atoms with E-state index in [1.807, 2.05) is 0 Å². The molecule has 0 bridgehead atoms. The van der Waals surface area contributed by atoms with Gasteiger partial charge < -0.3 is 15.5 Å². The lowest BCUT2D eigenvalue weighted by Crippen LogP contribution is -2.44. The number of hydrogen-bond donors (Lipinski definition) is 2. The van der Waals surface area contributed by atoms with E-state index in [4.69, 9.17) is 0 Å². The van der Waals surface area contributed by atoms with Crippen LogP contribution in [-0.2, 0) is 0 Å². The number of carbonyl (C=O) groups is 1. The summed E-state index contributed by atoms with van der Waals surface area (Å²) in [4.78, 5) is 24.8. The first-order chi connectivity index (χ1) is 10.6. The topological polar surface area (TPSA) is 87.5 Å². The summed E-state index contributed by atoms with van der Waals surface area (Å²) < 4.78 is 0. The standard InChI is InChI=1S/C15H22N4O3.ClH/c1-12-3-4-13(11-14(12)19(21)22)15(20)17-5-2-8-18-9-6-16-7-10-18;/h3-4,11,16H,2,5-10H2,1H3,(H,17,20);1H. The van der Waals surface area contributed by atoms with Crippen molar-refractivity contribution in [1.29, 1.82) is 0 Å². The molecular formula is C15H23ClN4O3. The minimum absolute atomic E-state index is 0. The summed E-state index contributed by atoms with van der Waals surface area (Å²) in [5, 5.41) is 17.0. The molecule has 0 aliphatic carbocycles. The van der Waals surface area contributed by atoms with Gasteiger partial charge in [0.1, 0.15) is 0 Å². The highest BCUT2D eigenvalue weighted by Crippen LogP contribution is 2.19. The molecule has 2 N–H and O–H groups in total. The third-order valence-corrected chi connectivity index (χ3v) is 3.81. The van der Waals surface area contributed by atoms with Crippen LogP contribution in [0.15, 0.2) is 18.2 Å². The van der Waals surface area contributed by atoms with Gasteiger partial charge in [-0.15, -0.1) is 12.4 Å². The number of nitrogens with one attached hydrogen (secondary N) is 2. The molecule has 0 atom stereocenters. The second-order valence-electron chi connectivity index (χ2n) is 5.46. The molecule has 1 heterocycles. The maximum Gasteiger partial charge on any atom is 0.273 e. The predicted molar refractivity (Wildman–Crippen MR) is 91.3 cm³/mol. The summed E-state index contributed by atoms with van der Waals surface area (Å²) in [6.45, 7) is 7.29. The van der Waals surface area contributed by atoms with Gasteiger partial charge in [0.2, 0.25) is 0 Å². The monoisotopic (exact) mass is 342 g/mol. The van der Waals surface area contributed by atoms with Crippen LogP contribution < -0.4 is 10.6 Å². The number of aryl methyl sites for hydroxylation is 1. The zero-order chi connectivity index (χ0) is 15.9. The van der Waals surface area contributed by atoms with Gasteiger partial charge in [-0.2, -0.15) is 0 Å². The van der Waals surface area contributed by atoms with Gasteiger partial charge in [0, 0.05) is 49.9 Å². The minimum Gasteiger partial charge on any atom is -0.352 e. The number of nitro groups is 1. The Hall–Kier alpha value is -1.70. The predicted octanol–water partition coefficient (Wildman–Crippen LogP) is 1.35. The van der Waals surface area contributed by atoms with Crippen LogP contribution in [-0.4, -0.2) is 55.0 Å². The maximum atomic E-state index is 12.0. The molecule has 1 aliphatic heterocycles. The van der Waals surface area contributed by atoms with Gasteiger partial charge in [-0.25, -0.2) is 0 Å². The number of carbonyl (C=O) groups excluding carboxylic acids is 1. The highest BCUT2D eigenvalue weighted by molar-refractivity contribution is 5.94. The van der Waals surface area contributed by atoms with E-state index >= 15 is 0 Å². The summed E-state index contributed by atoms with van der Waals surface area (Å²) in [5.41, 5.74) is 0.869. The van der Waals surface area contributed by atoms with Crippen molar-refractivity contribution in [3.05, 3.63) is 39.4 Å². The lowest BCUT2D eigenvalue weighted by Gasteiger charge is -2.27. The molecule has 0 spiro atoms. The molecule has 0 radical (unpaired) electrons. The van der Waals surface area contributed by atoms with Crippen LogP contribution >= 0.6 is 12.4 Å². The first-order valence-corrected chi connectivity index (χ1v) is 7.54. The Morgan fingerprint density at radius 2 is 2.09 bits per heavy atom. The Morgan fingerprint density at radius 3 is 2.74 bits per heavy atom. The second kappa shape index (κ2) is 9.44. The van der Waals surface area contributed by atoms with E-state index in [9.17, 15) is 14.9 Å². The molecule has 0 aromatic heterocycles. The van der Waals surface area contributed by atoms with Crippen LogP contribution in [0.2, 0.25) is 0 Å². The molecular weight excluding hydrogens is 320 g/mol. The summed E-state index contributed by atoms with van der Waals surface area (Å²) in [7, 11) is 0. The molecule has 1 aromatic rings. The number of nitro benzene ring substituents is 1. The second-order valence-corrected chi connectivity index (χ2v) is 5.46. The molecule has 1 fully saturated rings. The summed E-state index contributed by atoms with van der Waals surface area (Å²) >= 11 is 0. The van der Waals surface area contributed by atoms with E-state index in [-0.39, 0.29) is 24.0 Å². The molecule has 1 saturated heterocycles. The quantitative estimate of drug-likeness (QED) is 0.463. The van der Waals surface area contributed by atoms with Crippen molar-refractivity contribution >= 4 is 24.0 Å². The van der Waals surface area contributed by atoms with Gasteiger partial charge in [-0.05, 0) is 26.0 Å². The highest BCUT2D eigenvalue weighted by atomic mass is 35.5. The molecule has 7 nitrogen and oxygen atoms in total. The molecule has 0 saturated carbocycles. The number of nitrogens with zero attached hydrogens (tertiary/aromatic N) is 2. The van der Waals surface area contributed by atoms with Crippen molar-refractivity contribution in [2.24, 2.45) is 0 Å². The van der Waals surface area contributed by atoms with Crippen molar-refractivity contribution in [2.75, 3.05) is 39.3 Å². The van der Waals surface area contributed by atoms with Crippen molar-refractivity contribution in [2.45, 2.75) is 13.3 Å². The van der Waals surface area contributed by atoms with Crippen LogP contribution in [0, 0.1) is 17.0 Å². The van der Waals surface area contributed by atoms with Crippen LogP contribution in [0.5, 0.6) is 0 Å². The van der Waals surface area contributed by atoms with Gasteiger partial charge in [0.05, 0.1) is 4.92 Å². The van der Waals surface area contributed by atoms with Crippen LogP contribution in [0.1, 0.15) is 22.3 Å². The van der Waals surface area contributed by atoms with Crippen molar-refractivity contribution in [1.82, 2.24) is 15.5 Å². The third-order valence-electron chi connectivity index (χ3n) is 3.81. The minimum atomic E-state index is -0.462. The number of halogens is 1. The van der Waals surface area contributed by atoms with Gasteiger partial charge in [-0.3, -0.25) is 14.9 Å². The Morgan fingerprint density at radius 1 is 1.39 bits per heavy atom. The molecule has 128 valence electrons. The fourth-order valence-electron chi connectivity index (χ4n) is 2.49. The zero-order valence-corrected chi connectivity index (χ0v) is 14.0. The molecule has 1 aromatic carbocycles. The molecule has 1 amide bonds. The average molecular weight is 343 g/mol. The van der Waals surface area contributed by atoms with Gasteiger partial charge in [0.25, 0.3) is 11.6 Å². The molecule has 8 heteroatoms. The van der Waals surface area contributed by atoms with E-state index in [1.165, 1.54) is 6.07 Å². The van der Waals surface area contributed by atoms with E-state index < -0.39 is 4.92 Å². The molecule has 0 unspecified atom stereocenters. The summed E-state index contributed by atoms with van der Waals surface area (Å²) in [5.74, 6) is -0.261. The van der Waals surface area contributed by atoms with E-state index in [0.29, 0.717) is 17.7 Å². The van der Waals surface area contributed by atoms with Gasteiger partial charge in [0.15, 0.2) is 0 Å².